The fraction of sp³-hybridized carbons (Fsp3) is 0.684. The lowest BCUT2D eigenvalue weighted by molar-refractivity contribution is 0.324. The zero-order valence-electron chi connectivity index (χ0n) is 14.2. The minimum Gasteiger partial charge on any atom is -0.317 e. The number of hydrogen-bond acceptors (Lipinski definition) is 3. The predicted molar refractivity (Wildman–Crippen MR) is 93.7 cm³/mol. The van der Waals surface area contributed by atoms with E-state index in [2.05, 4.69) is 22.9 Å². The highest BCUT2D eigenvalue weighted by molar-refractivity contribution is 5.72. The number of piperidine rings is 1. The summed E-state index contributed by atoms with van der Waals surface area (Å²) in [7, 11) is 0. The second kappa shape index (κ2) is 6.60. The molecule has 0 bridgehead atoms. The molecule has 2 aliphatic rings. The number of pyridine rings is 1. The second-order valence-electron chi connectivity index (χ2n) is 7.46. The maximum absolute atomic E-state index is 5.05. The molecule has 4 heteroatoms. The van der Waals surface area contributed by atoms with Crippen LogP contribution >= 0.6 is 0 Å². The number of rotatable bonds is 3. The second-order valence-corrected chi connectivity index (χ2v) is 7.46. The van der Waals surface area contributed by atoms with E-state index in [0.717, 1.165) is 36.7 Å². The Hall–Kier alpha value is -1.42. The van der Waals surface area contributed by atoms with E-state index in [1.54, 1.807) is 0 Å². The van der Waals surface area contributed by atoms with Crippen LogP contribution in [0, 0.1) is 12.8 Å². The van der Waals surface area contributed by atoms with Crippen LogP contribution in [0.5, 0.6) is 0 Å². The molecule has 1 aliphatic carbocycles. The normalized spacial score (nSPS) is 21.1. The molecule has 1 saturated carbocycles. The van der Waals surface area contributed by atoms with Gasteiger partial charge in [0.2, 0.25) is 0 Å². The number of nitrogens with zero attached hydrogens (tertiary/aromatic N) is 3. The van der Waals surface area contributed by atoms with E-state index >= 15 is 0 Å². The number of fused-ring (bicyclic) bond motifs is 1. The highest BCUT2D eigenvalue weighted by atomic mass is 15.1. The van der Waals surface area contributed by atoms with Crippen molar-refractivity contribution in [1.29, 1.82) is 0 Å². The molecule has 0 aromatic carbocycles. The Labute approximate surface area is 138 Å². The van der Waals surface area contributed by atoms with Crippen molar-refractivity contribution in [1.82, 2.24) is 19.9 Å². The van der Waals surface area contributed by atoms with Gasteiger partial charge in [0.25, 0.3) is 0 Å². The standard InChI is InChI=1S/C19H28N4/c1-14-11-17-19(21-12-14)23(13-15-7-9-20-10-8-15)18(22-17)16-5-3-2-4-6-16/h11-12,15-16,20H,2-10,13H2,1H3. The van der Waals surface area contributed by atoms with E-state index in [9.17, 15) is 0 Å². The third kappa shape index (κ3) is 3.14. The van der Waals surface area contributed by atoms with Gasteiger partial charge < -0.3 is 9.88 Å². The van der Waals surface area contributed by atoms with Gasteiger partial charge in [-0.15, -0.1) is 0 Å². The predicted octanol–water partition coefficient (Wildman–Crippen LogP) is 3.79. The minimum absolute atomic E-state index is 0.639. The van der Waals surface area contributed by atoms with Gasteiger partial charge in [0.15, 0.2) is 5.65 Å². The molecule has 1 N–H and O–H groups in total. The molecule has 0 atom stereocenters. The van der Waals surface area contributed by atoms with Gasteiger partial charge in [-0.3, -0.25) is 0 Å². The first-order valence-electron chi connectivity index (χ1n) is 9.35. The van der Waals surface area contributed by atoms with Crippen LogP contribution in [-0.2, 0) is 6.54 Å². The highest BCUT2D eigenvalue weighted by Crippen LogP contribution is 2.34. The van der Waals surface area contributed by atoms with Gasteiger partial charge in [0.05, 0.1) is 0 Å². The molecule has 0 unspecified atom stereocenters. The van der Waals surface area contributed by atoms with Crippen molar-refractivity contribution in [3.8, 4) is 0 Å². The number of nitrogens with one attached hydrogen (secondary N) is 1. The fourth-order valence-electron chi connectivity index (χ4n) is 4.30. The molecule has 23 heavy (non-hydrogen) atoms. The van der Waals surface area contributed by atoms with Gasteiger partial charge in [-0.05, 0) is 63.2 Å². The third-order valence-electron chi connectivity index (χ3n) is 5.62. The maximum atomic E-state index is 5.05. The molecule has 1 saturated heterocycles. The summed E-state index contributed by atoms with van der Waals surface area (Å²) in [5, 5.41) is 3.48. The van der Waals surface area contributed by atoms with Crippen LogP contribution in [0.15, 0.2) is 12.3 Å². The van der Waals surface area contributed by atoms with Gasteiger partial charge in [-0.2, -0.15) is 0 Å². The Morgan fingerprint density at radius 2 is 1.91 bits per heavy atom. The third-order valence-corrected chi connectivity index (χ3v) is 5.62. The molecule has 1 aliphatic heterocycles. The lowest BCUT2D eigenvalue weighted by Gasteiger charge is -2.26. The van der Waals surface area contributed by atoms with Crippen LogP contribution in [-0.4, -0.2) is 27.6 Å². The van der Waals surface area contributed by atoms with Crippen molar-refractivity contribution < 1.29 is 0 Å². The molecule has 4 nitrogen and oxygen atoms in total. The van der Waals surface area contributed by atoms with Crippen LogP contribution in [0.1, 0.15) is 62.3 Å². The molecule has 4 rings (SSSR count). The van der Waals surface area contributed by atoms with Crippen LogP contribution in [0.4, 0.5) is 0 Å². The van der Waals surface area contributed by atoms with Gasteiger partial charge in [0, 0.05) is 18.7 Å². The molecule has 0 amide bonds. The maximum Gasteiger partial charge on any atom is 0.160 e. The average Bonchev–Trinajstić information content (AvgIpc) is 2.94. The van der Waals surface area contributed by atoms with E-state index in [1.807, 2.05) is 6.20 Å². The van der Waals surface area contributed by atoms with Crippen molar-refractivity contribution in [3.63, 3.8) is 0 Å². The van der Waals surface area contributed by atoms with Gasteiger partial charge in [-0.1, -0.05) is 19.3 Å². The van der Waals surface area contributed by atoms with E-state index in [0.29, 0.717) is 5.92 Å². The highest BCUT2D eigenvalue weighted by Gasteiger charge is 2.25. The monoisotopic (exact) mass is 312 g/mol. The molecule has 2 aromatic heterocycles. The Bertz CT molecular complexity index is 663. The number of aromatic nitrogens is 3. The summed E-state index contributed by atoms with van der Waals surface area (Å²) in [6.07, 6.45) is 11.2. The number of imidazole rings is 1. The Balaban J connectivity index is 1.71. The van der Waals surface area contributed by atoms with Crippen LogP contribution in [0.2, 0.25) is 0 Å². The molecule has 124 valence electrons. The molecular formula is C19H28N4. The van der Waals surface area contributed by atoms with Gasteiger partial charge >= 0.3 is 0 Å². The number of hydrogen-bond donors (Lipinski definition) is 1. The van der Waals surface area contributed by atoms with Gasteiger partial charge in [0.1, 0.15) is 11.3 Å². The lowest BCUT2D eigenvalue weighted by Crippen LogP contribution is -2.30. The molecule has 0 radical (unpaired) electrons. The summed E-state index contributed by atoms with van der Waals surface area (Å²) in [5.74, 6) is 2.72. The van der Waals surface area contributed by atoms with Crippen molar-refractivity contribution in [2.24, 2.45) is 5.92 Å². The van der Waals surface area contributed by atoms with Crippen molar-refractivity contribution in [2.45, 2.75) is 64.3 Å². The van der Waals surface area contributed by atoms with Crippen molar-refractivity contribution in [2.75, 3.05) is 13.1 Å². The van der Waals surface area contributed by atoms with Crippen molar-refractivity contribution >= 4 is 11.2 Å². The summed E-state index contributed by atoms with van der Waals surface area (Å²) >= 11 is 0. The minimum atomic E-state index is 0.639. The fourth-order valence-corrected chi connectivity index (χ4v) is 4.30. The number of aryl methyl sites for hydroxylation is 1. The van der Waals surface area contributed by atoms with E-state index in [4.69, 9.17) is 9.97 Å². The zero-order valence-corrected chi connectivity index (χ0v) is 14.2. The molecule has 2 fully saturated rings. The van der Waals surface area contributed by atoms with Gasteiger partial charge in [-0.25, -0.2) is 9.97 Å². The first-order chi connectivity index (χ1) is 11.3. The molecule has 3 heterocycles. The largest absolute Gasteiger partial charge is 0.317 e. The molecule has 0 spiro atoms. The summed E-state index contributed by atoms with van der Waals surface area (Å²) in [5.41, 5.74) is 3.41. The summed E-state index contributed by atoms with van der Waals surface area (Å²) < 4.78 is 2.47. The smallest absolute Gasteiger partial charge is 0.160 e. The first kappa shape index (κ1) is 15.1. The average molecular weight is 312 g/mol. The van der Waals surface area contributed by atoms with Crippen LogP contribution in [0.25, 0.3) is 11.2 Å². The van der Waals surface area contributed by atoms with Crippen LogP contribution in [0.3, 0.4) is 0 Å². The Kier molecular flexibility index (Phi) is 4.34. The topological polar surface area (TPSA) is 42.7 Å². The summed E-state index contributed by atoms with van der Waals surface area (Å²) in [6.45, 7) is 5.52. The Morgan fingerprint density at radius 1 is 1.13 bits per heavy atom. The SMILES string of the molecule is Cc1cnc2c(c1)nc(C1CCCCC1)n2CC1CCNCC1. The zero-order chi connectivity index (χ0) is 15.6. The van der Waals surface area contributed by atoms with Crippen LogP contribution < -0.4 is 5.32 Å². The lowest BCUT2D eigenvalue weighted by atomic mass is 9.88. The van der Waals surface area contributed by atoms with E-state index in [-0.39, 0.29) is 0 Å². The summed E-state index contributed by atoms with van der Waals surface area (Å²) in [4.78, 5) is 9.79. The summed E-state index contributed by atoms with van der Waals surface area (Å²) in [6, 6.07) is 2.20. The first-order valence-corrected chi connectivity index (χ1v) is 9.35. The quantitative estimate of drug-likeness (QED) is 0.937. The van der Waals surface area contributed by atoms with E-state index < -0.39 is 0 Å². The van der Waals surface area contributed by atoms with E-state index in [1.165, 1.54) is 56.3 Å². The molecule has 2 aromatic rings. The van der Waals surface area contributed by atoms with Crippen molar-refractivity contribution in [3.05, 3.63) is 23.7 Å². The molecular weight excluding hydrogens is 284 g/mol. The Morgan fingerprint density at radius 3 is 2.70 bits per heavy atom.